The molecule has 1 saturated heterocycles. The minimum Gasteiger partial charge on any atom is -0.381 e. The third-order valence-electron chi connectivity index (χ3n) is 9.43. The molecule has 2 atom stereocenters. The van der Waals surface area contributed by atoms with Gasteiger partial charge in [0.15, 0.2) is 0 Å². The highest BCUT2D eigenvalue weighted by Crippen LogP contribution is 2.28. The van der Waals surface area contributed by atoms with Crippen LogP contribution in [0.2, 0.25) is 0 Å². The van der Waals surface area contributed by atoms with Crippen LogP contribution in [-0.2, 0) is 27.6 Å². The maximum absolute atomic E-state index is 13.3. The Kier molecular flexibility index (Phi) is 11.1. The molecule has 7 heterocycles. The Labute approximate surface area is 316 Å². The molecule has 0 saturated carbocycles. The second-order valence-corrected chi connectivity index (χ2v) is 15.6. The van der Waals surface area contributed by atoms with Crippen molar-refractivity contribution in [1.29, 1.82) is 0 Å². The minimum absolute atomic E-state index is 0.0345. The number of aryl methyl sites for hydroxylation is 4. The highest BCUT2D eigenvalue weighted by atomic mass is 32.2. The molecule has 0 spiro atoms. The van der Waals surface area contributed by atoms with Gasteiger partial charge in [0.2, 0.25) is 10.0 Å². The molecule has 6 aromatic rings. The molecular formula is C40H46N10O3S. The number of aromatic nitrogens is 8. The summed E-state index contributed by atoms with van der Waals surface area (Å²) in [6.07, 6.45) is 19.2. The predicted octanol–water partition coefficient (Wildman–Crippen LogP) is 6.90. The van der Waals surface area contributed by atoms with E-state index in [9.17, 15) is 8.42 Å². The largest absolute Gasteiger partial charge is 0.381 e. The fourth-order valence-corrected chi connectivity index (χ4v) is 8.17. The molecule has 0 radical (unpaired) electrons. The van der Waals surface area contributed by atoms with Crippen molar-refractivity contribution in [3.05, 3.63) is 108 Å². The number of hydrogen-bond acceptors (Lipinski definition) is 10. The lowest BCUT2D eigenvalue weighted by Gasteiger charge is -2.30. The van der Waals surface area contributed by atoms with Crippen molar-refractivity contribution >= 4 is 21.4 Å². The van der Waals surface area contributed by atoms with E-state index in [-0.39, 0.29) is 11.8 Å². The Bertz CT molecular complexity index is 2340. The summed E-state index contributed by atoms with van der Waals surface area (Å²) in [5, 5.41) is 12.7. The zero-order valence-electron chi connectivity index (χ0n) is 31.1. The maximum Gasteiger partial charge on any atom is 0.235 e. The van der Waals surface area contributed by atoms with E-state index in [1.165, 1.54) is 0 Å². The maximum atomic E-state index is 13.3. The number of nitrogens with one attached hydrogen (secondary N) is 2. The van der Waals surface area contributed by atoms with E-state index in [1.54, 1.807) is 29.3 Å². The van der Waals surface area contributed by atoms with Gasteiger partial charge in [0.05, 0.1) is 70.8 Å². The zero-order valence-corrected chi connectivity index (χ0v) is 31.9. The summed E-state index contributed by atoms with van der Waals surface area (Å²) in [4.78, 5) is 18.3. The molecular weight excluding hydrogens is 701 g/mol. The van der Waals surface area contributed by atoms with Gasteiger partial charge in [-0.05, 0) is 87.1 Å². The van der Waals surface area contributed by atoms with E-state index >= 15 is 0 Å². The lowest BCUT2D eigenvalue weighted by atomic mass is 10.0. The molecule has 0 bridgehead atoms. The van der Waals surface area contributed by atoms with Gasteiger partial charge in [-0.25, -0.2) is 17.8 Å². The van der Waals surface area contributed by atoms with E-state index in [0.29, 0.717) is 18.7 Å². The van der Waals surface area contributed by atoms with Gasteiger partial charge < -0.3 is 10.1 Å². The van der Waals surface area contributed by atoms with Crippen LogP contribution < -0.4 is 10.0 Å². The molecule has 1 fully saturated rings. The topological polar surface area (TPSA) is 155 Å². The van der Waals surface area contributed by atoms with Gasteiger partial charge in [-0.3, -0.25) is 24.7 Å². The van der Waals surface area contributed by atoms with Crippen LogP contribution in [0.15, 0.2) is 86.0 Å². The molecule has 0 amide bonds. The first kappa shape index (κ1) is 36.9. The van der Waals surface area contributed by atoms with Crippen molar-refractivity contribution in [2.45, 2.75) is 78.4 Å². The second kappa shape index (κ2) is 16.3. The normalized spacial score (nSPS) is 16.0. The molecule has 2 N–H and O–H groups in total. The molecule has 0 aliphatic carbocycles. The number of ether oxygens (including phenoxy) is 1. The standard InChI is InChI=1S/C40H46N10O3S/c1-5-7-31-17-36(9-12-41-31)49-24-29(20-45-49)39-27(3)15-34(22-43-39)47-33-11-14-53-38(19-33)26-54(51,52)48-35-16-28(4)40(44-23-35)30-21-46-50(25-30)37-10-13-42-32(18-37)8-6-2/h9-10,12-13,15-18,20-25,33,38,47-48H,5-8,11,14,19,26H2,1-4H3. The first-order chi connectivity index (χ1) is 26.2. The van der Waals surface area contributed by atoms with Gasteiger partial charge in [-0.15, -0.1) is 0 Å². The van der Waals surface area contributed by atoms with Gasteiger partial charge in [0, 0.05) is 60.0 Å². The van der Waals surface area contributed by atoms with Crippen LogP contribution in [0, 0.1) is 13.8 Å². The lowest BCUT2D eigenvalue weighted by molar-refractivity contribution is 0.0253. The molecule has 14 heteroatoms. The molecule has 13 nitrogen and oxygen atoms in total. The summed E-state index contributed by atoms with van der Waals surface area (Å²) in [5.41, 5.74) is 10.4. The zero-order chi connectivity index (χ0) is 37.7. The highest BCUT2D eigenvalue weighted by molar-refractivity contribution is 7.92. The predicted molar refractivity (Wildman–Crippen MR) is 210 cm³/mol. The van der Waals surface area contributed by atoms with Crippen molar-refractivity contribution in [3.8, 4) is 33.9 Å². The molecule has 280 valence electrons. The van der Waals surface area contributed by atoms with Crippen molar-refractivity contribution in [2.75, 3.05) is 22.4 Å². The molecule has 1 aliphatic rings. The van der Waals surface area contributed by atoms with Crippen LogP contribution in [0.1, 0.15) is 62.0 Å². The van der Waals surface area contributed by atoms with E-state index in [4.69, 9.17) is 9.72 Å². The molecule has 2 unspecified atom stereocenters. The first-order valence-corrected chi connectivity index (χ1v) is 20.1. The number of hydrogen-bond donors (Lipinski definition) is 2. The van der Waals surface area contributed by atoms with Crippen molar-refractivity contribution in [3.63, 3.8) is 0 Å². The third kappa shape index (κ3) is 8.83. The van der Waals surface area contributed by atoms with Crippen molar-refractivity contribution in [1.82, 2.24) is 39.5 Å². The van der Waals surface area contributed by atoms with E-state index in [2.05, 4.69) is 61.2 Å². The van der Waals surface area contributed by atoms with Crippen LogP contribution in [0.5, 0.6) is 0 Å². The number of sulfonamides is 1. The summed E-state index contributed by atoms with van der Waals surface area (Å²) >= 11 is 0. The average Bonchev–Trinajstić information content (AvgIpc) is 3.84. The van der Waals surface area contributed by atoms with Crippen LogP contribution in [0.4, 0.5) is 11.4 Å². The van der Waals surface area contributed by atoms with E-state index < -0.39 is 16.1 Å². The van der Waals surface area contributed by atoms with Crippen molar-refractivity contribution in [2.24, 2.45) is 0 Å². The van der Waals surface area contributed by atoms with Crippen LogP contribution >= 0.6 is 0 Å². The number of rotatable bonds is 14. The van der Waals surface area contributed by atoms with Gasteiger partial charge in [0.1, 0.15) is 0 Å². The molecule has 1 aliphatic heterocycles. The number of pyridine rings is 4. The summed E-state index contributed by atoms with van der Waals surface area (Å²) in [6, 6.07) is 11.9. The minimum atomic E-state index is -3.72. The van der Waals surface area contributed by atoms with Gasteiger partial charge in [-0.2, -0.15) is 10.2 Å². The molecule has 7 rings (SSSR count). The van der Waals surface area contributed by atoms with E-state index in [0.717, 1.165) is 94.2 Å². The van der Waals surface area contributed by atoms with Crippen LogP contribution in [0.25, 0.3) is 33.9 Å². The fourth-order valence-electron chi connectivity index (χ4n) is 6.89. The average molecular weight is 747 g/mol. The Morgan fingerprint density at radius 2 is 1.31 bits per heavy atom. The van der Waals surface area contributed by atoms with Crippen LogP contribution in [-0.4, -0.2) is 72.4 Å². The Hall–Kier alpha value is -5.47. The smallest absolute Gasteiger partial charge is 0.235 e. The fraction of sp³-hybridized carbons (Fsp3) is 0.350. The Balaban J connectivity index is 0.949. The second-order valence-electron chi connectivity index (χ2n) is 13.9. The summed E-state index contributed by atoms with van der Waals surface area (Å²) in [7, 11) is -3.72. The number of anilines is 2. The monoisotopic (exact) mass is 746 g/mol. The summed E-state index contributed by atoms with van der Waals surface area (Å²) in [6.45, 7) is 8.66. The first-order valence-electron chi connectivity index (χ1n) is 18.5. The molecule has 0 aromatic carbocycles. The number of nitrogens with zero attached hydrogens (tertiary/aromatic N) is 8. The van der Waals surface area contributed by atoms with Gasteiger partial charge in [0.25, 0.3) is 0 Å². The van der Waals surface area contributed by atoms with Gasteiger partial charge >= 0.3 is 0 Å². The van der Waals surface area contributed by atoms with Crippen molar-refractivity contribution < 1.29 is 13.2 Å². The Morgan fingerprint density at radius 3 is 1.87 bits per heavy atom. The summed E-state index contributed by atoms with van der Waals surface area (Å²) in [5.74, 6) is -0.164. The van der Waals surface area contributed by atoms with Gasteiger partial charge in [-0.1, -0.05) is 26.7 Å². The quantitative estimate of drug-likeness (QED) is 0.120. The summed E-state index contributed by atoms with van der Waals surface area (Å²) < 4.78 is 38.9. The van der Waals surface area contributed by atoms with E-state index in [1.807, 2.05) is 67.7 Å². The lowest BCUT2D eigenvalue weighted by Crippen LogP contribution is -2.39. The SMILES string of the molecule is CCCc1cc(-n2cc(-c3ncc(NC4CCOC(CS(=O)(=O)Nc5cnc(-c6cnn(-c7ccnc(CCC)c7)c6)c(C)c5)C4)cc3C)cn2)ccn1. The highest BCUT2D eigenvalue weighted by Gasteiger charge is 2.28. The molecule has 54 heavy (non-hydrogen) atoms. The van der Waals surface area contributed by atoms with Crippen LogP contribution in [0.3, 0.4) is 0 Å². The molecule has 6 aromatic heterocycles. The third-order valence-corrected chi connectivity index (χ3v) is 10.8. The Morgan fingerprint density at radius 1 is 0.759 bits per heavy atom.